The van der Waals surface area contributed by atoms with Gasteiger partial charge in [0, 0.05) is 6.54 Å². The zero-order valence-corrected chi connectivity index (χ0v) is 14.9. The molecule has 0 amide bonds. The van der Waals surface area contributed by atoms with Crippen molar-refractivity contribution in [1.29, 1.82) is 0 Å². The fourth-order valence-electron chi connectivity index (χ4n) is 2.49. The van der Waals surface area contributed by atoms with Crippen molar-refractivity contribution in [2.45, 2.75) is 22.7 Å². The summed E-state index contributed by atoms with van der Waals surface area (Å²) in [4.78, 5) is 0. The van der Waals surface area contributed by atoms with E-state index in [1.165, 1.54) is 0 Å². The average Bonchev–Trinajstić information content (AvgIpc) is 3.28. The Balaban J connectivity index is 1.81. The Morgan fingerprint density at radius 2 is 1.91 bits per heavy atom. The van der Waals surface area contributed by atoms with Crippen molar-refractivity contribution >= 4 is 37.3 Å². The van der Waals surface area contributed by atoms with Crippen molar-refractivity contribution in [3.8, 4) is 0 Å². The van der Waals surface area contributed by atoms with E-state index in [0.29, 0.717) is 0 Å². The van der Waals surface area contributed by atoms with Crippen LogP contribution in [0.15, 0.2) is 50.5 Å². The molecule has 1 saturated carbocycles. The molecule has 0 unspecified atom stereocenters. The molecule has 0 spiro atoms. The van der Waals surface area contributed by atoms with E-state index in [1.54, 1.807) is 12.1 Å². The molecule has 1 aliphatic carbocycles. The van der Waals surface area contributed by atoms with Crippen LogP contribution in [0.2, 0.25) is 0 Å². The highest BCUT2D eigenvalue weighted by Gasteiger charge is 2.45. The van der Waals surface area contributed by atoms with Gasteiger partial charge in [0.2, 0.25) is 10.0 Å². The van der Waals surface area contributed by atoms with Gasteiger partial charge in [0.05, 0.1) is 3.79 Å². The lowest BCUT2D eigenvalue weighted by Crippen LogP contribution is -2.42. The van der Waals surface area contributed by atoms with Crippen LogP contribution in [0.25, 0.3) is 0 Å². The summed E-state index contributed by atoms with van der Waals surface area (Å²) in [6.07, 6.45) is 1.83. The van der Waals surface area contributed by atoms with Crippen molar-refractivity contribution in [3.63, 3.8) is 0 Å². The largest absolute Gasteiger partial charge is 0.383 e. The maximum atomic E-state index is 12.3. The van der Waals surface area contributed by atoms with E-state index >= 15 is 0 Å². The zero-order chi connectivity index (χ0) is 15.8. The van der Waals surface area contributed by atoms with Gasteiger partial charge in [-0.1, -0.05) is 30.3 Å². The van der Waals surface area contributed by atoms with Crippen LogP contribution in [0.1, 0.15) is 18.4 Å². The number of thiophene rings is 1. The number of hydrogen-bond acceptors (Lipinski definition) is 4. The molecule has 0 saturated heterocycles. The number of halogens is 1. The molecule has 2 N–H and O–H groups in total. The van der Waals surface area contributed by atoms with Crippen molar-refractivity contribution in [2.75, 3.05) is 6.54 Å². The summed E-state index contributed by atoms with van der Waals surface area (Å²) < 4.78 is 28.2. The van der Waals surface area contributed by atoms with Gasteiger partial charge in [0.1, 0.15) is 9.81 Å². The molecule has 2 aromatic rings. The maximum Gasteiger partial charge on any atom is 0.250 e. The molecule has 1 aromatic carbocycles. The van der Waals surface area contributed by atoms with Crippen LogP contribution in [0.4, 0.5) is 0 Å². The molecule has 1 fully saturated rings. The second-order valence-corrected chi connectivity index (χ2v) is 9.90. The lowest BCUT2D eigenvalue weighted by molar-refractivity contribution is 0.0185. The smallest absolute Gasteiger partial charge is 0.250 e. The van der Waals surface area contributed by atoms with E-state index in [4.69, 9.17) is 0 Å². The van der Waals surface area contributed by atoms with Crippen LogP contribution < -0.4 is 4.72 Å². The maximum absolute atomic E-state index is 12.3. The highest BCUT2D eigenvalue weighted by molar-refractivity contribution is 9.11. The molecule has 22 heavy (non-hydrogen) atoms. The number of aliphatic hydroxyl groups is 1. The Morgan fingerprint density at radius 1 is 1.23 bits per heavy atom. The number of nitrogens with one attached hydrogen (secondary N) is 1. The number of sulfonamides is 1. The molecule has 0 bridgehead atoms. The summed E-state index contributed by atoms with van der Waals surface area (Å²) in [6.45, 7) is -0.0144. The van der Waals surface area contributed by atoms with Gasteiger partial charge in [-0.25, -0.2) is 13.1 Å². The first-order chi connectivity index (χ1) is 10.4. The van der Waals surface area contributed by atoms with Crippen LogP contribution >= 0.6 is 27.3 Å². The predicted molar refractivity (Wildman–Crippen MR) is 90.3 cm³/mol. The van der Waals surface area contributed by atoms with Crippen molar-refractivity contribution in [2.24, 2.45) is 5.92 Å². The minimum atomic E-state index is -3.61. The van der Waals surface area contributed by atoms with Gasteiger partial charge in [-0.2, -0.15) is 0 Å². The molecule has 1 heterocycles. The highest BCUT2D eigenvalue weighted by atomic mass is 79.9. The minimum absolute atomic E-state index is 0.0144. The quantitative estimate of drug-likeness (QED) is 0.781. The van der Waals surface area contributed by atoms with Gasteiger partial charge in [0.25, 0.3) is 0 Å². The molecule has 118 valence electrons. The molecular weight excluding hydrogens is 386 g/mol. The van der Waals surface area contributed by atoms with Crippen LogP contribution in [0.5, 0.6) is 0 Å². The monoisotopic (exact) mass is 401 g/mol. The van der Waals surface area contributed by atoms with E-state index in [1.807, 2.05) is 30.3 Å². The highest BCUT2D eigenvalue weighted by Crippen LogP contribution is 2.45. The summed E-state index contributed by atoms with van der Waals surface area (Å²) >= 11 is 4.41. The fraction of sp³-hybridized carbons (Fsp3) is 0.333. The first-order valence-electron chi connectivity index (χ1n) is 6.95. The average molecular weight is 402 g/mol. The summed E-state index contributed by atoms with van der Waals surface area (Å²) in [7, 11) is -3.61. The van der Waals surface area contributed by atoms with Crippen LogP contribution in [-0.2, 0) is 15.6 Å². The molecule has 1 aliphatic rings. The molecule has 0 radical (unpaired) electrons. The van der Waals surface area contributed by atoms with Crippen LogP contribution in [0, 0.1) is 5.92 Å². The summed E-state index contributed by atoms with van der Waals surface area (Å²) in [5, 5.41) is 11.0. The van der Waals surface area contributed by atoms with E-state index in [-0.39, 0.29) is 16.7 Å². The molecule has 1 atom stereocenters. The van der Waals surface area contributed by atoms with Crippen molar-refractivity contribution < 1.29 is 13.5 Å². The summed E-state index contributed by atoms with van der Waals surface area (Å²) in [6, 6.07) is 12.5. The Labute approximate surface area is 142 Å². The predicted octanol–water partition coefficient (Wildman–Crippen LogP) is 3.09. The SMILES string of the molecule is O=S(=O)(NC[C@](O)(c1ccccc1)C1CC1)c1ccc(Br)s1. The summed E-state index contributed by atoms with van der Waals surface area (Å²) in [5.74, 6) is 0.104. The normalized spacial score (nSPS) is 18.1. The van der Waals surface area contributed by atoms with Crippen molar-refractivity contribution in [3.05, 3.63) is 51.8 Å². The standard InChI is InChI=1S/C15H16BrNO3S2/c16-13-8-9-14(21-13)22(19,20)17-10-15(18,12-6-7-12)11-4-2-1-3-5-11/h1-5,8-9,12,17-18H,6-7,10H2/t15-/m0/s1. The van der Waals surface area contributed by atoms with Crippen LogP contribution in [0.3, 0.4) is 0 Å². The molecular formula is C15H16BrNO3S2. The molecule has 3 rings (SSSR count). The summed E-state index contributed by atoms with van der Waals surface area (Å²) in [5.41, 5.74) is -0.393. The van der Waals surface area contributed by atoms with E-state index in [0.717, 1.165) is 33.5 Å². The number of benzene rings is 1. The third-order valence-electron chi connectivity index (χ3n) is 3.87. The third-order valence-corrected chi connectivity index (χ3v) is 7.39. The molecule has 0 aliphatic heterocycles. The van der Waals surface area contributed by atoms with Gasteiger partial charge in [-0.3, -0.25) is 0 Å². The first-order valence-corrected chi connectivity index (χ1v) is 10.0. The topological polar surface area (TPSA) is 66.4 Å². The van der Waals surface area contributed by atoms with Gasteiger partial charge in [-0.05, 0) is 52.4 Å². The molecule has 1 aromatic heterocycles. The Hall–Kier alpha value is -0.730. The lowest BCUT2D eigenvalue weighted by Gasteiger charge is -2.29. The van der Waals surface area contributed by atoms with Gasteiger partial charge >= 0.3 is 0 Å². The van der Waals surface area contributed by atoms with Gasteiger partial charge in [-0.15, -0.1) is 11.3 Å². The van der Waals surface area contributed by atoms with Gasteiger partial charge < -0.3 is 5.11 Å². The van der Waals surface area contributed by atoms with E-state index < -0.39 is 15.6 Å². The number of rotatable bonds is 6. The minimum Gasteiger partial charge on any atom is -0.383 e. The van der Waals surface area contributed by atoms with E-state index in [9.17, 15) is 13.5 Å². The second-order valence-electron chi connectivity index (χ2n) is 5.45. The molecule has 7 heteroatoms. The van der Waals surface area contributed by atoms with Gasteiger partial charge in [0.15, 0.2) is 0 Å². The molecule has 4 nitrogen and oxygen atoms in total. The Morgan fingerprint density at radius 3 is 2.45 bits per heavy atom. The third kappa shape index (κ3) is 3.28. The number of hydrogen-bond donors (Lipinski definition) is 2. The lowest BCUT2D eigenvalue weighted by atomic mass is 9.89. The van der Waals surface area contributed by atoms with Crippen LogP contribution in [-0.4, -0.2) is 20.1 Å². The van der Waals surface area contributed by atoms with Crippen molar-refractivity contribution in [1.82, 2.24) is 4.72 Å². The second kappa shape index (κ2) is 6.05. The first kappa shape index (κ1) is 16.1. The zero-order valence-electron chi connectivity index (χ0n) is 11.7. The Bertz CT molecular complexity index is 756. The fourth-order valence-corrected chi connectivity index (χ4v) is 5.61. The Kier molecular flexibility index (Phi) is 4.44. The van der Waals surface area contributed by atoms with E-state index in [2.05, 4.69) is 20.7 Å².